The summed E-state index contributed by atoms with van der Waals surface area (Å²) in [5, 5.41) is 18.0. The average Bonchev–Trinajstić information content (AvgIpc) is 3.89. The molecule has 270 valence electrons. The Kier molecular flexibility index (Phi) is 11.7. The number of ether oxygens (including phenoxy) is 3. The fourth-order valence-corrected chi connectivity index (χ4v) is 9.38. The first-order valence-corrected chi connectivity index (χ1v) is 19.3. The van der Waals surface area contributed by atoms with Crippen LogP contribution in [0.2, 0.25) is 0 Å². The molecule has 1 amide bonds. The van der Waals surface area contributed by atoms with Crippen molar-refractivity contribution >= 4 is 27.5 Å². The van der Waals surface area contributed by atoms with Gasteiger partial charge in [0.05, 0.1) is 47.5 Å². The molecule has 6 atom stereocenters. The molecule has 5 N–H and O–H groups in total. The van der Waals surface area contributed by atoms with E-state index in [4.69, 9.17) is 19.9 Å². The number of alkyl carbamates (subject to hydrolysis) is 1. The van der Waals surface area contributed by atoms with E-state index in [0.717, 1.165) is 31.5 Å². The van der Waals surface area contributed by atoms with Crippen molar-refractivity contribution in [2.24, 2.45) is 11.8 Å². The summed E-state index contributed by atoms with van der Waals surface area (Å²) in [5.74, 6) is -0.0584. The Bertz CT molecular complexity index is 1510. The van der Waals surface area contributed by atoms with E-state index in [1.807, 2.05) is 44.2 Å². The van der Waals surface area contributed by atoms with Crippen molar-refractivity contribution in [1.29, 1.82) is 0 Å². The average molecular weight is 700 g/mol. The van der Waals surface area contributed by atoms with E-state index in [1.54, 1.807) is 12.1 Å². The number of likely N-dealkylation sites (tertiary alicyclic amines) is 1. The molecule has 0 radical (unpaired) electrons. The molecule has 3 aliphatic heterocycles. The number of carbonyl (C=O) groups excluding carboxylic acids is 1. The number of carbonyl (C=O) groups is 1. The largest absolute Gasteiger partial charge is 0.443 e. The molecule has 6 rings (SSSR count). The zero-order chi connectivity index (χ0) is 34.5. The SMILES string of the molecule is CC(C)CN(CC(O)C(Cc1ccccc1)NC(=O)OC1COC2OCCC12)S(=O)(=O)c1ccc(N)c(NC2CCN(C3CCCC3)C2)c1. The lowest BCUT2D eigenvalue weighted by Gasteiger charge is -2.31. The minimum Gasteiger partial charge on any atom is -0.443 e. The van der Waals surface area contributed by atoms with Crippen LogP contribution in [-0.2, 0) is 30.7 Å². The van der Waals surface area contributed by atoms with Crippen LogP contribution in [0.1, 0.15) is 57.9 Å². The molecular weight excluding hydrogens is 646 g/mol. The van der Waals surface area contributed by atoms with Crippen molar-refractivity contribution in [3.63, 3.8) is 0 Å². The van der Waals surface area contributed by atoms with Gasteiger partial charge < -0.3 is 35.7 Å². The molecule has 49 heavy (non-hydrogen) atoms. The summed E-state index contributed by atoms with van der Waals surface area (Å²) in [5.41, 5.74) is 8.33. The van der Waals surface area contributed by atoms with E-state index in [1.165, 1.54) is 36.1 Å². The van der Waals surface area contributed by atoms with Crippen molar-refractivity contribution in [3.8, 4) is 0 Å². The fraction of sp³-hybridized carbons (Fsp3) is 0.639. The fourth-order valence-electron chi connectivity index (χ4n) is 7.73. The number of nitrogens with zero attached hydrogens (tertiary/aromatic N) is 2. The first-order chi connectivity index (χ1) is 23.6. The number of sulfonamides is 1. The second-order valence-corrected chi connectivity index (χ2v) is 16.4. The molecular formula is C36H53N5O7S. The highest BCUT2D eigenvalue weighted by Crippen LogP contribution is 2.33. The summed E-state index contributed by atoms with van der Waals surface area (Å²) in [7, 11) is -4.06. The van der Waals surface area contributed by atoms with Crippen molar-refractivity contribution < 1.29 is 32.5 Å². The predicted molar refractivity (Wildman–Crippen MR) is 187 cm³/mol. The summed E-state index contributed by atoms with van der Waals surface area (Å²) in [6.45, 7) is 6.55. The van der Waals surface area contributed by atoms with Gasteiger partial charge in [-0.05, 0) is 61.8 Å². The quantitative estimate of drug-likeness (QED) is 0.214. The Labute approximate surface area is 290 Å². The lowest BCUT2D eigenvalue weighted by molar-refractivity contribution is -0.0907. The number of rotatable bonds is 14. The molecule has 3 heterocycles. The number of nitrogen functional groups attached to an aromatic ring is 1. The summed E-state index contributed by atoms with van der Waals surface area (Å²) < 4.78 is 46.8. The Morgan fingerprint density at radius 1 is 1.08 bits per heavy atom. The maximum absolute atomic E-state index is 14.3. The number of aliphatic hydroxyl groups is 1. The molecule has 0 aromatic heterocycles. The van der Waals surface area contributed by atoms with E-state index >= 15 is 0 Å². The number of aliphatic hydroxyl groups excluding tert-OH is 1. The normalized spacial score (nSPS) is 25.9. The molecule has 13 heteroatoms. The van der Waals surface area contributed by atoms with Crippen LogP contribution in [0, 0.1) is 11.8 Å². The van der Waals surface area contributed by atoms with E-state index in [-0.39, 0.29) is 55.2 Å². The maximum atomic E-state index is 14.3. The van der Waals surface area contributed by atoms with Crippen LogP contribution in [-0.4, -0.2) is 105 Å². The molecule has 6 unspecified atom stereocenters. The molecule has 3 saturated heterocycles. The van der Waals surface area contributed by atoms with Gasteiger partial charge in [0.25, 0.3) is 0 Å². The van der Waals surface area contributed by atoms with E-state index in [2.05, 4.69) is 15.5 Å². The van der Waals surface area contributed by atoms with Gasteiger partial charge in [-0.2, -0.15) is 4.31 Å². The number of nitrogens with one attached hydrogen (secondary N) is 2. The Morgan fingerprint density at radius 3 is 2.61 bits per heavy atom. The third kappa shape index (κ3) is 8.87. The number of hydrogen-bond acceptors (Lipinski definition) is 10. The molecule has 2 aromatic rings. The first kappa shape index (κ1) is 35.9. The molecule has 2 aromatic carbocycles. The number of amides is 1. The highest BCUT2D eigenvalue weighted by atomic mass is 32.2. The Morgan fingerprint density at radius 2 is 1.86 bits per heavy atom. The number of anilines is 2. The van der Waals surface area contributed by atoms with Gasteiger partial charge in [0.15, 0.2) is 6.29 Å². The number of benzene rings is 2. The Hall–Kier alpha value is -2.94. The monoisotopic (exact) mass is 699 g/mol. The number of fused-ring (bicyclic) bond motifs is 1. The van der Waals surface area contributed by atoms with Crippen LogP contribution in [0.25, 0.3) is 0 Å². The molecule has 4 fully saturated rings. The second kappa shape index (κ2) is 15.9. The van der Waals surface area contributed by atoms with Crippen molar-refractivity contribution in [2.75, 3.05) is 50.4 Å². The van der Waals surface area contributed by atoms with Gasteiger partial charge in [0, 0.05) is 38.3 Å². The van der Waals surface area contributed by atoms with Gasteiger partial charge in [-0.1, -0.05) is 57.0 Å². The lowest BCUT2D eigenvalue weighted by atomic mass is 10.0. The standard InChI is InChI=1S/C36H53N5O7S/c1-24(2)20-41(49(44,45)28-12-13-30(37)31(19-28)38-26-14-16-40(21-26)27-10-6-7-11-27)22-33(42)32(18-25-8-4-3-5-9-25)39-36(43)48-34-23-47-35-29(34)15-17-46-35/h3-5,8-9,12-13,19,24,26-27,29,32-35,38,42H,6-7,10-11,14-18,20-23,37H2,1-2H3,(H,39,43). The zero-order valence-electron chi connectivity index (χ0n) is 28.7. The van der Waals surface area contributed by atoms with Gasteiger partial charge in [-0.3, -0.25) is 4.90 Å². The predicted octanol–water partition coefficient (Wildman–Crippen LogP) is 3.80. The minimum absolute atomic E-state index is 0.0251. The van der Waals surface area contributed by atoms with Crippen LogP contribution in [0.3, 0.4) is 0 Å². The lowest BCUT2D eigenvalue weighted by Crippen LogP contribution is -2.51. The third-order valence-corrected chi connectivity index (χ3v) is 12.2. The summed E-state index contributed by atoms with van der Waals surface area (Å²) >= 11 is 0. The van der Waals surface area contributed by atoms with Gasteiger partial charge in [-0.15, -0.1) is 0 Å². The minimum atomic E-state index is -4.06. The molecule has 1 aliphatic carbocycles. The van der Waals surface area contributed by atoms with Crippen molar-refractivity contribution in [2.45, 2.75) is 100 Å². The topological polar surface area (TPSA) is 156 Å². The molecule has 1 saturated carbocycles. The van der Waals surface area contributed by atoms with Gasteiger partial charge in [0.1, 0.15) is 6.10 Å². The van der Waals surface area contributed by atoms with Gasteiger partial charge >= 0.3 is 6.09 Å². The van der Waals surface area contributed by atoms with Crippen LogP contribution in [0.5, 0.6) is 0 Å². The summed E-state index contributed by atoms with van der Waals surface area (Å²) in [6.07, 6.45) is 4.29. The van der Waals surface area contributed by atoms with Gasteiger partial charge in [0.2, 0.25) is 10.0 Å². The van der Waals surface area contributed by atoms with Crippen molar-refractivity contribution in [1.82, 2.24) is 14.5 Å². The first-order valence-electron chi connectivity index (χ1n) is 17.9. The van der Waals surface area contributed by atoms with Crippen LogP contribution in [0.15, 0.2) is 53.4 Å². The van der Waals surface area contributed by atoms with Gasteiger partial charge in [-0.25, -0.2) is 13.2 Å². The third-order valence-electron chi connectivity index (χ3n) is 10.4. The van der Waals surface area contributed by atoms with E-state index in [0.29, 0.717) is 24.0 Å². The van der Waals surface area contributed by atoms with Crippen LogP contribution in [0.4, 0.5) is 16.2 Å². The highest BCUT2D eigenvalue weighted by molar-refractivity contribution is 7.89. The smallest absolute Gasteiger partial charge is 0.407 e. The van der Waals surface area contributed by atoms with Crippen LogP contribution >= 0.6 is 0 Å². The molecule has 0 spiro atoms. The Balaban J connectivity index is 1.16. The summed E-state index contributed by atoms with van der Waals surface area (Å²) in [4.78, 5) is 15.8. The summed E-state index contributed by atoms with van der Waals surface area (Å²) in [6, 6.07) is 14.2. The highest BCUT2D eigenvalue weighted by Gasteiger charge is 2.44. The molecule has 4 aliphatic rings. The molecule has 12 nitrogen and oxygen atoms in total. The number of hydrogen-bond donors (Lipinski definition) is 4. The number of nitrogens with two attached hydrogens (primary N) is 1. The van der Waals surface area contributed by atoms with E-state index < -0.39 is 34.4 Å². The van der Waals surface area contributed by atoms with E-state index in [9.17, 15) is 18.3 Å². The maximum Gasteiger partial charge on any atom is 0.407 e. The second-order valence-electron chi connectivity index (χ2n) is 14.5. The molecule has 0 bridgehead atoms. The van der Waals surface area contributed by atoms with Crippen molar-refractivity contribution in [3.05, 3.63) is 54.1 Å². The zero-order valence-corrected chi connectivity index (χ0v) is 29.5. The van der Waals surface area contributed by atoms with Crippen LogP contribution < -0.4 is 16.4 Å².